The van der Waals surface area contributed by atoms with E-state index in [1.54, 1.807) is 6.20 Å². The van der Waals surface area contributed by atoms with E-state index in [4.69, 9.17) is 9.72 Å². The Balaban J connectivity index is 1.90. The van der Waals surface area contributed by atoms with E-state index < -0.39 is 5.60 Å². The predicted molar refractivity (Wildman–Crippen MR) is 141 cm³/mol. The van der Waals surface area contributed by atoms with Crippen molar-refractivity contribution in [1.82, 2.24) is 9.55 Å². The fourth-order valence-corrected chi connectivity index (χ4v) is 5.86. The second-order valence-corrected chi connectivity index (χ2v) is 9.06. The molecule has 0 aliphatic carbocycles. The summed E-state index contributed by atoms with van der Waals surface area (Å²) in [6, 6.07) is 18.6. The van der Waals surface area contributed by atoms with Gasteiger partial charge in [-0.3, -0.25) is 4.98 Å². The van der Waals surface area contributed by atoms with Crippen LogP contribution in [0.25, 0.3) is 10.9 Å². The normalized spacial score (nSPS) is 17.0. The molecule has 4 aromatic rings. The number of hydrogen-bond donors (Lipinski definition) is 0. The molecule has 1 unspecified atom stereocenters. The van der Waals surface area contributed by atoms with Crippen LogP contribution in [-0.2, 0) is 23.3 Å². The Labute approximate surface area is 207 Å². The number of para-hydroxylation sites is 1. The SMILES string of the molecule is CCc1cc(N(CC)CC)ccc1C1(c2c(C)n(CC)c3ccccc23)OC(=O)c2cccnc21. The van der Waals surface area contributed by atoms with Crippen molar-refractivity contribution >= 4 is 22.6 Å². The Morgan fingerprint density at radius 3 is 2.49 bits per heavy atom. The van der Waals surface area contributed by atoms with Crippen molar-refractivity contribution in [3.05, 3.63) is 94.4 Å². The van der Waals surface area contributed by atoms with Crippen LogP contribution in [-0.4, -0.2) is 28.6 Å². The van der Waals surface area contributed by atoms with E-state index in [2.05, 4.69) is 86.6 Å². The number of aryl methyl sites for hydroxylation is 2. The Bertz CT molecular complexity index is 1420. The number of carbonyl (C=O) groups excluding carboxylic acids is 1. The number of aromatic nitrogens is 2. The van der Waals surface area contributed by atoms with Crippen LogP contribution in [0.15, 0.2) is 60.8 Å². The van der Waals surface area contributed by atoms with Gasteiger partial charge in [-0.2, -0.15) is 0 Å². The molecule has 1 atom stereocenters. The van der Waals surface area contributed by atoms with Crippen LogP contribution in [0.4, 0.5) is 5.69 Å². The third-order valence-electron chi connectivity index (χ3n) is 7.48. The monoisotopic (exact) mass is 467 g/mol. The van der Waals surface area contributed by atoms with Gasteiger partial charge in [0, 0.05) is 59.2 Å². The molecule has 35 heavy (non-hydrogen) atoms. The summed E-state index contributed by atoms with van der Waals surface area (Å²) in [5.41, 5.74) is 6.68. The summed E-state index contributed by atoms with van der Waals surface area (Å²) in [7, 11) is 0. The molecular formula is C30H33N3O2. The Kier molecular flexibility index (Phi) is 5.87. The van der Waals surface area contributed by atoms with E-state index in [1.807, 2.05) is 12.1 Å². The molecule has 1 aliphatic heterocycles. The van der Waals surface area contributed by atoms with Gasteiger partial charge in [0.15, 0.2) is 0 Å². The number of benzene rings is 2. The average molecular weight is 468 g/mol. The van der Waals surface area contributed by atoms with E-state index in [1.165, 1.54) is 5.69 Å². The molecule has 0 saturated carbocycles. The maximum absolute atomic E-state index is 13.3. The van der Waals surface area contributed by atoms with Gasteiger partial charge in [0.05, 0.1) is 5.56 Å². The van der Waals surface area contributed by atoms with E-state index in [-0.39, 0.29) is 5.97 Å². The fourth-order valence-electron chi connectivity index (χ4n) is 5.86. The lowest BCUT2D eigenvalue weighted by atomic mass is 9.78. The maximum atomic E-state index is 13.3. The first kappa shape index (κ1) is 23.2. The molecule has 0 fully saturated rings. The van der Waals surface area contributed by atoms with E-state index in [0.29, 0.717) is 11.3 Å². The summed E-state index contributed by atoms with van der Waals surface area (Å²) in [5, 5.41) is 1.09. The van der Waals surface area contributed by atoms with Crippen LogP contribution in [0.1, 0.15) is 66.1 Å². The smallest absolute Gasteiger partial charge is 0.341 e. The van der Waals surface area contributed by atoms with Crippen molar-refractivity contribution in [1.29, 1.82) is 0 Å². The highest BCUT2D eigenvalue weighted by molar-refractivity contribution is 5.98. The van der Waals surface area contributed by atoms with Crippen LogP contribution < -0.4 is 4.90 Å². The minimum absolute atomic E-state index is 0.323. The molecular weight excluding hydrogens is 434 g/mol. The lowest BCUT2D eigenvalue weighted by molar-refractivity contribution is 0.0243. The standard InChI is InChI=1S/C30H33N3O2/c1-6-21-19-22(32(7-2)8-3)16-17-25(21)30(28-24(29(34)35-30)14-12-18-31-28)27-20(5)33(9-4)26-15-11-10-13-23(26)27/h10-19H,6-9H2,1-5H3. The Morgan fingerprint density at radius 1 is 1.00 bits per heavy atom. The molecule has 2 aromatic heterocycles. The molecule has 180 valence electrons. The van der Waals surface area contributed by atoms with Crippen molar-refractivity contribution in [3.8, 4) is 0 Å². The molecule has 5 heteroatoms. The molecule has 0 spiro atoms. The summed E-state index contributed by atoms with van der Waals surface area (Å²) in [6.45, 7) is 13.5. The summed E-state index contributed by atoms with van der Waals surface area (Å²) in [4.78, 5) is 20.5. The summed E-state index contributed by atoms with van der Waals surface area (Å²) in [5.74, 6) is -0.323. The Hall–Kier alpha value is -3.60. The molecule has 0 bridgehead atoms. The van der Waals surface area contributed by atoms with Crippen molar-refractivity contribution in [2.45, 2.75) is 53.2 Å². The van der Waals surface area contributed by atoms with Gasteiger partial charge in [0.2, 0.25) is 5.60 Å². The highest BCUT2D eigenvalue weighted by Gasteiger charge is 2.53. The van der Waals surface area contributed by atoms with Crippen LogP contribution in [0.2, 0.25) is 0 Å². The minimum atomic E-state index is -1.11. The zero-order valence-electron chi connectivity index (χ0n) is 21.3. The molecule has 1 aliphatic rings. The predicted octanol–water partition coefficient (Wildman–Crippen LogP) is 6.24. The van der Waals surface area contributed by atoms with Gasteiger partial charge >= 0.3 is 5.97 Å². The summed E-state index contributed by atoms with van der Waals surface area (Å²) >= 11 is 0. The van der Waals surface area contributed by atoms with Crippen LogP contribution in [0.5, 0.6) is 0 Å². The second-order valence-electron chi connectivity index (χ2n) is 9.06. The molecule has 2 aromatic carbocycles. The molecule has 5 nitrogen and oxygen atoms in total. The summed E-state index contributed by atoms with van der Waals surface area (Å²) in [6.07, 6.45) is 2.58. The number of rotatable bonds is 7. The van der Waals surface area contributed by atoms with Gasteiger partial charge in [-0.05, 0) is 70.0 Å². The van der Waals surface area contributed by atoms with Gasteiger partial charge in [-0.25, -0.2) is 4.79 Å². The third kappa shape index (κ3) is 3.28. The van der Waals surface area contributed by atoms with Crippen LogP contribution >= 0.6 is 0 Å². The number of anilines is 1. The molecule has 0 N–H and O–H groups in total. The molecule has 0 radical (unpaired) electrons. The zero-order chi connectivity index (χ0) is 24.7. The molecule has 3 heterocycles. The lowest BCUT2D eigenvalue weighted by Crippen LogP contribution is -2.33. The number of hydrogen-bond acceptors (Lipinski definition) is 4. The van der Waals surface area contributed by atoms with E-state index >= 15 is 0 Å². The Morgan fingerprint density at radius 2 is 1.77 bits per heavy atom. The van der Waals surface area contributed by atoms with Gasteiger partial charge in [-0.15, -0.1) is 0 Å². The number of ether oxygens (including phenoxy) is 1. The van der Waals surface area contributed by atoms with Crippen LogP contribution in [0.3, 0.4) is 0 Å². The summed E-state index contributed by atoms with van der Waals surface area (Å²) < 4.78 is 8.81. The van der Waals surface area contributed by atoms with E-state index in [9.17, 15) is 4.79 Å². The number of pyridine rings is 1. The maximum Gasteiger partial charge on any atom is 0.341 e. The largest absolute Gasteiger partial charge is 0.439 e. The number of nitrogens with zero attached hydrogens (tertiary/aromatic N) is 3. The van der Waals surface area contributed by atoms with E-state index in [0.717, 1.165) is 59.3 Å². The molecule has 0 amide bonds. The fraction of sp³-hybridized carbons (Fsp3) is 0.333. The number of fused-ring (bicyclic) bond motifs is 2. The minimum Gasteiger partial charge on any atom is -0.439 e. The lowest BCUT2D eigenvalue weighted by Gasteiger charge is -2.32. The van der Waals surface area contributed by atoms with Crippen molar-refractivity contribution in [3.63, 3.8) is 0 Å². The second kappa shape index (κ2) is 8.88. The zero-order valence-corrected chi connectivity index (χ0v) is 21.3. The first-order valence-corrected chi connectivity index (χ1v) is 12.7. The topological polar surface area (TPSA) is 47.4 Å². The van der Waals surface area contributed by atoms with Crippen molar-refractivity contribution < 1.29 is 9.53 Å². The number of esters is 1. The van der Waals surface area contributed by atoms with Crippen molar-refractivity contribution in [2.24, 2.45) is 0 Å². The van der Waals surface area contributed by atoms with Gasteiger partial charge in [-0.1, -0.05) is 31.2 Å². The highest BCUT2D eigenvalue weighted by atomic mass is 16.6. The highest BCUT2D eigenvalue weighted by Crippen LogP contribution is 2.51. The quantitative estimate of drug-likeness (QED) is 0.302. The molecule has 5 rings (SSSR count). The average Bonchev–Trinajstić information content (AvgIpc) is 3.35. The number of carbonyl (C=O) groups is 1. The van der Waals surface area contributed by atoms with Gasteiger partial charge in [0.1, 0.15) is 5.69 Å². The van der Waals surface area contributed by atoms with Gasteiger partial charge < -0.3 is 14.2 Å². The third-order valence-corrected chi connectivity index (χ3v) is 7.48. The first-order chi connectivity index (χ1) is 17.0. The van der Waals surface area contributed by atoms with Gasteiger partial charge in [0.25, 0.3) is 0 Å². The first-order valence-electron chi connectivity index (χ1n) is 12.7. The van der Waals surface area contributed by atoms with Crippen molar-refractivity contribution in [2.75, 3.05) is 18.0 Å². The van der Waals surface area contributed by atoms with Crippen LogP contribution in [0, 0.1) is 6.92 Å². The molecule has 0 saturated heterocycles. The number of cyclic esters (lactones) is 1.